The molecule has 31 heavy (non-hydrogen) atoms. The van der Waals surface area contributed by atoms with Crippen LogP contribution in [0, 0.1) is 11.8 Å². The highest BCUT2D eigenvalue weighted by Crippen LogP contribution is 2.34. The Morgan fingerprint density at radius 1 is 1.42 bits per heavy atom. The van der Waals surface area contributed by atoms with Crippen molar-refractivity contribution in [3.63, 3.8) is 0 Å². The SMILES string of the molecule is C=CC/C=C(\C=C)C1NC2=CC=CC3=CC2/C(=N\NC(=O)C3)C1CN(/C=C\N)CCC. The highest BCUT2D eigenvalue weighted by molar-refractivity contribution is 5.97. The van der Waals surface area contributed by atoms with Crippen molar-refractivity contribution in [2.45, 2.75) is 32.2 Å². The van der Waals surface area contributed by atoms with Crippen LogP contribution < -0.4 is 16.5 Å². The molecule has 3 unspecified atom stereocenters. The van der Waals surface area contributed by atoms with Crippen LogP contribution in [0.4, 0.5) is 0 Å². The third kappa shape index (κ3) is 5.26. The first kappa shape index (κ1) is 22.4. The molecule has 1 saturated heterocycles. The second kappa shape index (κ2) is 10.7. The van der Waals surface area contributed by atoms with Crippen LogP contribution in [-0.4, -0.2) is 35.7 Å². The lowest BCUT2D eigenvalue weighted by Gasteiger charge is -2.42. The van der Waals surface area contributed by atoms with Crippen LogP contribution in [0.5, 0.6) is 0 Å². The largest absolute Gasteiger partial charge is 0.403 e. The van der Waals surface area contributed by atoms with E-state index >= 15 is 0 Å². The van der Waals surface area contributed by atoms with E-state index in [9.17, 15) is 4.79 Å². The average molecular weight is 420 g/mol. The number of nitrogens with two attached hydrogens (primary N) is 1. The van der Waals surface area contributed by atoms with Gasteiger partial charge in [-0.3, -0.25) is 4.79 Å². The Labute approximate surface area is 185 Å². The fourth-order valence-corrected chi connectivity index (χ4v) is 4.38. The maximum absolute atomic E-state index is 12.4. The van der Waals surface area contributed by atoms with Crippen molar-refractivity contribution in [3.8, 4) is 0 Å². The van der Waals surface area contributed by atoms with Gasteiger partial charge in [-0.05, 0) is 30.1 Å². The maximum Gasteiger partial charge on any atom is 0.244 e. The standard InChI is InChI=1S/C25H33N5O/c1-4-7-10-19(6-3)24-21(17-30(13-5-2)14-12-26)25-20-15-18(16-23(31)28-29-25)9-8-11-22(20)27-24/h4,6,8-12,14-15,20-21,24,27H,1,3,5,7,13,16-17,26H2,2H3,(H,28,31)/b14-12-,19-10+,29-25+. The summed E-state index contributed by atoms with van der Waals surface area (Å²) in [5.74, 6) is -0.104. The van der Waals surface area contributed by atoms with Gasteiger partial charge in [-0.1, -0.05) is 50.0 Å². The Bertz CT molecular complexity index is 890. The van der Waals surface area contributed by atoms with Crippen molar-refractivity contribution < 1.29 is 4.79 Å². The summed E-state index contributed by atoms with van der Waals surface area (Å²) in [6, 6.07) is -0.0380. The number of carbonyl (C=O) groups is 1. The van der Waals surface area contributed by atoms with Crippen molar-refractivity contribution in [2.75, 3.05) is 13.1 Å². The fourth-order valence-electron chi connectivity index (χ4n) is 4.38. The van der Waals surface area contributed by atoms with Crippen molar-refractivity contribution in [1.82, 2.24) is 15.6 Å². The number of hydrogen-bond donors (Lipinski definition) is 3. The van der Waals surface area contributed by atoms with E-state index in [1.165, 1.54) is 0 Å². The minimum atomic E-state index is -0.0995. The second-order valence-corrected chi connectivity index (χ2v) is 7.95. The molecule has 164 valence electrons. The predicted molar refractivity (Wildman–Crippen MR) is 128 cm³/mol. The van der Waals surface area contributed by atoms with E-state index in [0.29, 0.717) is 13.0 Å². The topological polar surface area (TPSA) is 82.8 Å². The second-order valence-electron chi connectivity index (χ2n) is 7.95. The molecular formula is C25H33N5O. The molecule has 2 aliphatic heterocycles. The lowest BCUT2D eigenvalue weighted by Crippen LogP contribution is -2.54. The van der Waals surface area contributed by atoms with Gasteiger partial charge in [0.05, 0.1) is 24.1 Å². The van der Waals surface area contributed by atoms with Crippen LogP contribution in [0.1, 0.15) is 26.2 Å². The third-order valence-corrected chi connectivity index (χ3v) is 5.75. The summed E-state index contributed by atoms with van der Waals surface area (Å²) in [5, 5.41) is 8.40. The number of rotatable bonds is 9. The molecule has 3 aliphatic rings. The Kier molecular flexibility index (Phi) is 7.70. The van der Waals surface area contributed by atoms with Gasteiger partial charge in [-0.15, -0.1) is 6.58 Å². The molecule has 6 nitrogen and oxygen atoms in total. The van der Waals surface area contributed by atoms with Crippen molar-refractivity contribution in [2.24, 2.45) is 22.7 Å². The van der Waals surface area contributed by atoms with Gasteiger partial charge in [-0.2, -0.15) is 5.10 Å². The summed E-state index contributed by atoms with van der Waals surface area (Å²) in [7, 11) is 0. The Morgan fingerprint density at radius 3 is 2.97 bits per heavy atom. The molecule has 0 spiro atoms. The molecular weight excluding hydrogens is 386 g/mol. The molecule has 3 rings (SSSR count). The molecule has 2 heterocycles. The Hall–Kier alpha value is -3.28. The Morgan fingerprint density at radius 2 is 2.26 bits per heavy atom. The van der Waals surface area contributed by atoms with Crippen LogP contribution in [0.3, 0.4) is 0 Å². The summed E-state index contributed by atoms with van der Waals surface area (Å²) in [6.45, 7) is 11.6. The van der Waals surface area contributed by atoms with Gasteiger partial charge in [0.2, 0.25) is 5.91 Å². The summed E-state index contributed by atoms with van der Waals surface area (Å²) in [6.07, 6.45) is 19.7. The zero-order chi connectivity index (χ0) is 22.2. The van der Waals surface area contributed by atoms with Gasteiger partial charge in [0.25, 0.3) is 0 Å². The van der Waals surface area contributed by atoms with E-state index in [-0.39, 0.29) is 23.8 Å². The van der Waals surface area contributed by atoms with Crippen LogP contribution in [0.25, 0.3) is 0 Å². The smallest absolute Gasteiger partial charge is 0.244 e. The van der Waals surface area contributed by atoms with Crippen LogP contribution in [-0.2, 0) is 4.79 Å². The van der Waals surface area contributed by atoms with Gasteiger partial charge < -0.3 is 16.0 Å². The molecule has 6 heteroatoms. The van der Waals surface area contributed by atoms with E-state index < -0.39 is 0 Å². The molecule has 2 bridgehead atoms. The monoisotopic (exact) mass is 419 g/mol. The number of hydrazone groups is 1. The number of carbonyl (C=O) groups excluding carboxylic acids is 1. The van der Waals surface area contributed by atoms with Crippen molar-refractivity contribution >= 4 is 11.6 Å². The number of piperidine rings is 1. The summed E-state index contributed by atoms with van der Waals surface area (Å²) in [4.78, 5) is 14.6. The number of hydrogen-bond acceptors (Lipinski definition) is 5. The van der Waals surface area contributed by atoms with E-state index in [0.717, 1.165) is 41.9 Å². The molecule has 4 N–H and O–H groups in total. The van der Waals surface area contributed by atoms with Crippen LogP contribution in [0.2, 0.25) is 0 Å². The van der Waals surface area contributed by atoms with Crippen molar-refractivity contribution in [1.29, 1.82) is 0 Å². The fraction of sp³-hybridized carbons (Fsp3) is 0.360. The first-order valence-electron chi connectivity index (χ1n) is 10.9. The highest BCUT2D eigenvalue weighted by atomic mass is 16.2. The molecule has 3 atom stereocenters. The quantitative estimate of drug-likeness (QED) is 0.396. The van der Waals surface area contributed by atoms with Crippen LogP contribution in [0.15, 0.2) is 90.0 Å². The number of amides is 1. The Balaban J connectivity index is 2.09. The minimum absolute atomic E-state index is 0.00738. The third-order valence-electron chi connectivity index (χ3n) is 5.75. The van der Waals surface area contributed by atoms with E-state index in [4.69, 9.17) is 5.73 Å². The summed E-state index contributed by atoms with van der Waals surface area (Å²) < 4.78 is 0. The number of nitrogens with zero attached hydrogens (tertiary/aromatic N) is 2. The summed E-state index contributed by atoms with van der Waals surface area (Å²) in [5.41, 5.74) is 12.6. The molecule has 0 saturated carbocycles. The first-order valence-corrected chi connectivity index (χ1v) is 10.9. The number of nitrogens with one attached hydrogen (secondary N) is 2. The normalized spacial score (nSPS) is 26.9. The molecule has 0 aromatic heterocycles. The molecule has 1 fully saturated rings. The van der Waals surface area contributed by atoms with Gasteiger partial charge in [-0.25, -0.2) is 5.43 Å². The lowest BCUT2D eigenvalue weighted by atomic mass is 9.76. The average Bonchev–Trinajstić information content (AvgIpc) is 2.95. The van der Waals surface area contributed by atoms with E-state index in [1.54, 1.807) is 6.20 Å². The minimum Gasteiger partial charge on any atom is -0.403 e. The molecule has 0 aromatic carbocycles. The van der Waals surface area contributed by atoms with Gasteiger partial charge >= 0.3 is 0 Å². The maximum atomic E-state index is 12.4. The molecule has 0 radical (unpaired) electrons. The highest BCUT2D eigenvalue weighted by Gasteiger charge is 2.40. The van der Waals surface area contributed by atoms with Gasteiger partial charge in [0.1, 0.15) is 0 Å². The predicted octanol–water partition coefficient (Wildman–Crippen LogP) is 3.28. The molecule has 0 aromatic rings. The lowest BCUT2D eigenvalue weighted by molar-refractivity contribution is -0.120. The van der Waals surface area contributed by atoms with Gasteiger partial charge in [0, 0.05) is 37.1 Å². The molecule has 1 aliphatic carbocycles. The first-order chi connectivity index (χ1) is 15.1. The van der Waals surface area contributed by atoms with Crippen molar-refractivity contribution in [3.05, 3.63) is 84.9 Å². The number of allylic oxidation sites excluding steroid dienone is 6. The van der Waals surface area contributed by atoms with E-state index in [2.05, 4.69) is 59.1 Å². The summed E-state index contributed by atoms with van der Waals surface area (Å²) >= 11 is 0. The zero-order valence-corrected chi connectivity index (χ0v) is 18.3. The van der Waals surface area contributed by atoms with Crippen LogP contribution >= 0.6 is 0 Å². The van der Waals surface area contributed by atoms with Gasteiger partial charge in [0.15, 0.2) is 0 Å². The van der Waals surface area contributed by atoms with E-state index in [1.807, 2.05) is 30.5 Å². The molecule has 1 amide bonds. The zero-order valence-electron chi connectivity index (χ0n) is 18.3.